The van der Waals surface area contributed by atoms with Crippen LogP contribution in [0.4, 0.5) is 4.39 Å². The van der Waals surface area contributed by atoms with E-state index in [9.17, 15) is 4.39 Å². The van der Waals surface area contributed by atoms with Crippen LogP contribution in [0.15, 0.2) is 41.1 Å². The molecule has 142 valence electrons. The van der Waals surface area contributed by atoms with E-state index in [1.807, 2.05) is 17.8 Å². The monoisotopic (exact) mass is 368 g/mol. The highest BCUT2D eigenvalue weighted by Gasteiger charge is 2.26. The van der Waals surface area contributed by atoms with Crippen molar-refractivity contribution < 1.29 is 8.91 Å². The van der Waals surface area contributed by atoms with E-state index in [1.165, 1.54) is 37.0 Å². The fourth-order valence-corrected chi connectivity index (χ4v) is 3.91. The van der Waals surface area contributed by atoms with Crippen LogP contribution in [-0.4, -0.2) is 26.4 Å². The van der Waals surface area contributed by atoms with Gasteiger partial charge in [0.1, 0.15) is 11.5 Å². The predicted molar refractivity (Wildman–Crippen MR) is 101 cm³/mol. The molecule has 1 aromatic carbocycles. The first kappa shape index (κ1) is 17.9. The molecule has 1 aliphatic rings. The molecule has 5 nitrogen and oxygen atoms in total. The molecule has 2 aromatic heterocycles. The minimum absolute atomic E-state index is 0.227. The van der Waals surface area contributed by atoms with Crippen molar-refractivity contribution >= 4 is 0 Å². The molecule has 1 fully saturated rings. The summed E-state index contributed by atoms with van der Waals surface area (Å²) < 4.78 is 20.6. The number of nitrogens with zero attached hydrogens (tertiary/aromatic N) is 4. The van der Waals surface area contributed by atoms with Crippen LogP contribution >= 0.6 is 0 Å². The highest BCUT2D eigenvalue weighted by molar-refractivity contribution is 5.57. The largest absolute Gasteiger partial charge is 0.356 e. The second-order valence-electron chi connectivity index (χ2n) is 7.37. The topological polar surface area (TPSA) is 47.1 Å². The molecular weight excluding hydrogens is 343 g/mol. The highest BCUT2D eigenvalue weighted by Crippen LogP contribution is 2.33. The van der Waals surface area contributed by atoms with Gasteiger partial charge >= 0.3 is 0 Å². The van der Waals surface area contributed by atoms with Gasteiger partial charge in [0.05, 0.1) is 11.7 Å². The van der Waals surface area contributed by atoms with Gasteiger partial charge in [0.25, 0.3) is 0 Å². The smallest absolute Gasteiger partial charge is 0.167 e. The predicted octanol–water partition coefficient (Wildman–Crippen LogP) is 4.64. The van der Waals surface area contributed by atoms with E-state index in [1.54, 1.807) is 12.1 Å². The summed E-state index contributed by atoms with van der Waals surface area (Å²) in [7, 11) is 1.96. The Morgan fingerprint density at radius 3 is 2.74 bits per heavy atom. The number of benzene rings is 1. The molecule has 1 saturated heterocycles. The van der Waals surface area contributed by atoms with Gasteiger partial charge in [-0.15, -0.1) is 0 Å². The van der Waals surface area contributed by atoms with Crippen molar-refractivity contribution in [2.45, 2.75) is 45.2 Å². The van der Waals surface area contributed by atoms with Crippen LogP contribution in [0.1, 0.15) is 48.7 Å². The van der Waals surface area contributed by atoms with Crippen molar-refractivity contribution in [2.24, 2.45) is 7.05 Å². The minimum Gasteiger partial charge on any atom is -0.356 e. The van der Waals surface area contributed by atoms with Crippen molar-refractivity contribution in [3.8, 4) is 11.3 Å². The Hall–Kier alpha value is -2.47. The number of aryl methyl sites for hydroxylation is 2. The molecule has 27 heavy (non-hydrogen) atoms. The van der Waals surface area contributed by atoms with Crippen LogP contribution in [0.2, 0.25) is 0 Å². The number of likely N-dealkylation sites (tertiary alicyclic amines) is 1. The lowest BCUT2D eigenvalue weighted by Gasteiger charge is -2.28. The normalized spacial score (nSPS) is 18.6. The molecule has 0 unspecified atom stereocenters. The zero-order valence-corrected chi connectivity index (χ0v) is 15.9. The first-order chi connectivity index (χ1) is 13.1. The van der Waals surface area contributed by atoms with Gasteiger partial charge in [-0.25, -0.2) is 4.39 Å². The maximum absolute atomic E-state index is 13.2. The van der Waals surface area contributed by atoms with Crippen LogP contribution in [0.25, 0.3) is 11.3 Å². The molecule has 0 saturated carbocycles. The van der Waals surface area contributed by atoms with Gasteiger partial charge in [-0.2, -0.15) is 5.10 Å². The average Bonchev–Trinajstić information content (AvgIpc) is 3.17. The summed E-state index contributed by atoms with van der Waals surface area (Å²) in [6, 6.07) is 8.57. The third kappa shape index (κ3) is 3.95. The third-order valence-electron chi connectivity index (χ3n) is 5.35. The van der Waals surface area contributed by atoms with Crippen LogP contribution in [0, 0.1) is 12.7 Å². The number of halogens is 1. The van der Waals surface area contributed by atoms with Crippen LogP contribution in [0.5, 0.6) is 0 Å². The van der Waals surface area contributed by atoms with E-state index in [0.29, 0.717) is 5.76 Å². The Kier molecular flexibility index (Phi) is 5.07. The molecule has 1 aliphatic heterocycles. The Balaban J connectivity index is 1.59. The molecule has 0 aliphatic carbocycles. The number of aromatic nitrogens is 3. The van der Waals surface area contributed by atoms with E-state index < -0.39 is 0 Å². The minimum atomic E-state index is -0.250. The molecule has 6 heteroatoms. The summed E-state index contributed by atoms with van der Waals surface area (Å²) in [6.45, 7) is 3.96. The lowest BCUT2D eigenvalue weighted by molar-refractivity contribution is 0.183. The Bertz CT molecular complexity index is 899. The maximum Gasteiger partial charge on any atom is 0.167 e. The number of rotatable bonds is 4. The van der Waals surface area contributed by atoms with Crippen LogP contribution in [0.3, 0.4) is 0 Å². The van der Waals surface area contributed by atoms with Gasteiger partial charge in [-0.05, 0) is 50.6 Å². The maximum atomic E-state index is 13.2. The number of hydrogen-bond donors (Lipinski definition) is 0. The fourth-order valence-electron chi connectivity index (χ4n) is 3.91. The summed E-state index contributed by atoms with van der Waals surface area (Å²) in [5, 5.41) is 8.84. The average molecular weight is 368 g/mol. The zero-order chi connectivity index (χ0) is 18.8. The van der Waals surface area contributed by atoms with Crippen molar-refractivity contribution in [3.05, 3.63) is 59.3 Å². The molecule has 3 heterocycles. The highest BCUT2D eigenvalue weighted by atomic mass is 19.1. The Morgan fingerprint density at radius 2 is 2.00 bits per heavy atom. The zero-order valence-electron chi connectivity index (χ0n) is 15.9. The molecule has 0 radical (unpaired) electrons. The SMILES string of the molecule is Cc1nn(C)cc1CN1CCCCC[C@H]1c1cc(-c2ccc(F)cc2)on1. The lowest BCUT2D eigenvalue weighted by Crippen LogP contribution is -2.28. The molecule has 3 aromatic rings. The van der Waals surface area contributed by atoms with Gasteiger partial charge in [0.2, 0.25) is 0 Å². The summed E-state index contributed by atoms with van der Waals surface area (Å²) in [4.78, 5) is 2.49. The van der Waals surface area contributed by atoms with E-state index in [2.05, 4.69) is 28.3 Å². The molecule has 0 spiro atoms. The van der Waals surface area contributed by atoms with Crippen LogP contribution < -0.4 is 0 Å². The van der Waals surface area contributed by atoms with Crippen molar-refractivity contribution in [1.82, 2.24) is 19.8 Å². The van der Waals surface area contributed by atoms with Gasteiger partial charge < -0.3 is 4.52 Å². The second kappa shape index (κ2) is 7.64. The van der Waals surface area contributed by atoms with Gasteiger partial charge in [-0.3, -0.25) is 9.58 Å². The van der Waals surface area contributed by atoms with E-state index in [4.69, 9.17) is 4.52 Å². The summed E-state index contributed by atoms with van der Waals surface area (Å²) in [5.41, 5.74) is 4.13. The second-order valence-corrected chi connectivity index (χ2v) is 7.37. The lowest BCUT2D eigenvalue weighted by atomic mass is 10.0. The van der Waals surface area contributed by atoms with Crippen molar-refractivity contribution in [3.63, 3.8) is 0 Å². The molecule has 1 atom stereocenters. The molecule has 4 rings (SSSR count). The van der Waals surface area contributed by atoms with Crippen molar-refractivity contribution in [1.29, 1.82) is 0 Å². The molecule has 0 N–H and O–H groups in total. The van der Waals surface area contributed by atoms with Gasteiger partial charge in [-0.1, -0.05) is 18.0 Å². The Morgan fingerprint density at radius 1 is 1.19 bits per heavy atom. The standard InChI is InChI=1S/C21H25FN4O/c1-15-17(13-25(2)23-15)14-26-11-5-3-4-6-20(26)19-12-21(27-24-19)16-7-9-18(22)10-8-16/h7-10,12-13,20H,3-6,11,14H2,1-2H3/t20-/m0/s1. The number of hydrogen-bond acceptors (Lipinski definition) is 4. The Labute approximate surface area is 158 Å². The molecular formula is C21H25FN4O. The molecule has 0 bridgehead atoms. The summed E-state index contributed by atoms with van der Waals surface area (Å²) in [5.74, 6) is 0.437. The quantitative estimate of drug-likeness (QED) is 0.673. The molecule has 0 amide bonds. The third-order valence-corrected chi connectivity index (χ3v) is 5.35. The van der Waals surface area contributed by atoms with Gasteiger partial charge in [0, 0.05) is 37.0 Å². The van der Waals surface area contributed by atoms with E-state index >= 15 is 0 Å². The first-order valence-corrected chi connectivity index (χ1v) is 9.56. The fraction of sp³-hybridized carbons (Fsp3) is 0.429. The first-order valence-electron chi connectivity index (χ1n) is 9.56. The summed E-state index contributed by atoms with van der Waals surface area (Å²) in [6.07, 6.45) is 6.78. The summed E-state index contributed by atoms with van der Waals surface area (Å²) >= 11 is 0. The van der Waals surface area contributed by atoms with E-state index in [0.717, 1.165) is 36.5 Å². The van der Waals surface area contributed by atoms with E-state index in [-0.39, 0.29) is 11.9 Å². The van der Waals surface area contributed by atoms with Crippen molar-refractivity contribution in [2.75, 3.05) is 6.54 Å². The van der Waals surface area contributed by atoms with Gasteiger partial charge in [0.15, 0.2) is 5.76 Å². The van der Waals surface area contributed by atoms with Crippen LogP contribution in [-0.2, 0) is 13.6 Å².